The summed E-state index contributed by atoms with van der Waals surface area (Å²) in [5.74, 6) is -0.934. The molecule has 0 aliphatic rings. The van der Waals surface area contributed by atoms with Crippen LogP contribution in [0.3, 0.4) is 0 Å². The molecule has 1 aromatic rings. The van der Waals surface area contributed by atoms with E-state index >= 15 is 0 Å². The van der Waals surface area contributed by atoms with E-state index in [0.717, 1.165) is 25.7 Å². The first-order valence-electron chi connectivity index (χ1n) is 6.52. The van der Waals surface area contributed by atoms with Gasteiger partial charge in [0.25, 0.3) is 5.91 Å². The number of ether oxygens (including phenoxy) is 1. The van der Waals surface area contributed by atoms with Gasteiger partial charge in [0.15, 0.2) is 0 Å². The second-order valence-corrected chi connectivity index (χ2v) is 4.23. The van der Waals surface area contributed by atoms with Gasteiger partial charge in [0.2, 0.25) is 0 Å². The molecule has 19 heavy (non-hydrogen) atoms. The summed E-state index contributed by atoms with van der Waals surface area (Å²) < 4.78 is 18.7. The lowest BCUT2D eigenvalue weighted by atomic mass is 10.2. The Hall–Kier alpha value is -1.84. The molecular weight excluding hydrogens is 245 g/mol. The normalized spacial score (nSPS) is 10.8. The lowest BCUT2D eigenvalue weighted by Crippen LogP contribution is -2.13. The fourth-order valence-electron chi connectivity index (χ4n) is 1.62. The lowest BCUT2D eigenvalue weighted by Gasteiger charge is -2.07. The van der Waals surface area contributed by atoms with Gasteiger partial charge >= 0.3 is 0 Å². The molecule has 0 spiro atoms. The van der Waals surface area contributed by atoms with Gasteiger partial charge in [-0.05, 0) is 43.9 Å². The van der Waals surface area contributed by atoms with E-state index in [1.165, 1.54) is 18.2 Å². The number of rotatable bonds is 8. The van der Waals surface area contributed by atoms with E-state index < -0.39 is 11.7 Å². The van der Waals surface area contributed by atoms with Crippen LogP contribution in [0.2, 0.25) is 0 Å². The summed E-state index contributed by atoms with van der Waals surface area (Å²) in [7, 11) is 0. The fraction of sp³-hybridized carbons (Fsp3) is 0.400. The van der Waals surface area contributed by atoms with Gasteiger partial charge in [0, 0.05) is 0 Å². The number of hydrogen-bond acceptors (Lipinski definition) is 2. The number of nitrogens with two attached hydrogens (primary N) is 1. The maximum atomic E-state index is 13.2. The zero-order valence-electron chi connectivity index (χ0n) is 11.2. The number of benzene rings is 1. The molecule has 0 aliphatic carbocycles. The number of hydrogen-bond donors (Lipinski definition) is 1. The highest BCUT2D eigenvalue weighted by atomic mass is 19.1. The Morgan fingerprint density at radius 2 is 2.16 bits per heavy atom. The summed E-state index contributed by atoms with van der Waals surface area (Å²) in [4.78, 5) is 11.0. The highest BCUT2D eigenvalue weighted by Gasteiger charge is 2.09. The van der Waals surface area contributed by atoms with Gasteiger partial charge in [-0.3, -0.25) is 4.79 Å². The topological polar surface area (TPSA) is 52.3 Å². The standard InChI is InChI=1S/C15H20FNO2/c1-2-3-4-5-6-7-10-19-12-8-9-14(16)13(11-12)15(17)18/h3-4,8-9,11H,2,5-7,10H2,1H3,(H2,17,18)/b4-3-. The summed E-state index contributed by atoms with van der Waals surface area (Å²) in [6, 6.07) is 4.03. The van der Waals surface area contributed by atoms with E-state index in [1.807, 2.05) is 0 Å². The van der Waals surface area contributed by atoms with Crippen LogP contribution in [0.25, 0.3) is 0 Å². The second-order valence-electron chi connectivity index (χ2n) is 4.23. The van der Waals surface area contributed by atoms with Gasteiger partial charge < -0.3 is 10.5 Å². The molecule has 1 amide bonds. The number of halogens is 1. The predicted octanol–water partition coefficient (Wildman–Crippen LogP) is 3.44. The van der Waals surface area contributed by atoms with Gasteiger partial charge in [-0.15, -0.1) is 0 Å². The van der Waals surface area contributed by atoms with Crippen LogP contribution < -0.4 is 10.5 Å². The SMILES string of the molecule is CC/C=C\CCCCOc1ccc(F)c(C(N)=O)c1. The van der Waals surface area contributed by atoms with Crippen LogP contribution in [0.4, 0.5) is 4.39 Å². The van der Waals surface area contributed by atoms with Crippen molar-refractivity contribution in [2.75, 3.05) is 6.61 Å². The third-order valence-corrected chi connectivity index (χ3v) is 2.64. The molecular formula is C15H20FNO2. The Bertz CT molecular complexity index is 444. The zero-order chi connectivity index (χ0) is 14.1. The second kappa shape index (κ2) is 8.29. The first-order chi connectivity index (χ1) is 9.15. The molecule has 4 heteroatoms. The minimum Gasteiger partial charge on any atom is -0.494 e. The molecule has 0 radical (unpaired) electrons. The van der Waals surface area contributed by atoms with Crippen LogP contribution in [0, 0.1) is 5.82 Å². The third-order valence-electron chi connectivity index (χ3n) is 2.64. The van der Waals surface area contributed by atoms with Gasteiger partial charge in [0.1, 0.15) is 11.6 Å². The van der Waals surface area contributed by atoms with Gasteiger partial charge in [-0.2, -0.15) is 0 Å². The summed E-state index contributed by atoms with van der Waals surface area (Å²) >= 11 is 0. The molecule has 0 atom stereocenters. The van der Waals surface area contributed by atoms with E-state index in [0.29, 0.717) is 12.4 Å². The minimum absolute atomic E-state index is 0.136. The number of unbranched alkanes of at least 4 members (excludes halogenated alkanes) is 2. The number of allylic oxidation sites excluding steroid dienone is 2. The molecule has 0 unspecified atom stereocenters. The van der Waals surface area contributed by atoms with Crippen molar-refractivity contribution in [2.45, 2.75) is 32.6 Å². The number of primary amides is 1. The maximum absolute atomic E-state index is 13.2. The van der Waals surface area contributed by atoms with Crippen LogP contribution in [0.1, 0.15) is 43.0 Å². The van der Waals surface area contributed by atoms with Crippen molar-refractivity contribution < 1.29 is 13.9 Å². The highest BCUT2D eigenvalue weighted by molar-refractivity contribution is 5.93. The number of carbonyl (C=O) groups excluding carboxylic acids is 1. The van der Waals surface area contributed by atoms with Crippen molar-refractivity contribution in [1.82, 2.24) is 0 Å². The Morgan fingerprint density at radius 1 is 1.37 bits per heavy atom. The van der Waals surface area contributed by atoms with Crippen molar-refractivity contribution in [1.29, 1.82) is 0 Å². The molecule has 0 saturated carbocycles. The van der Waals surface area contributed by atoms with Gasteiger partial charge in [-0.25, -0.2) is 4.39 Å². The van der Waals surface area contributed by atoms with Crippen molar-refractivity contribution in [3.63, 3.8) is 0 Å². The van der Waals surface area contributed by atoms with Crippen molar-refractivity contribution >= 4 is 5.91 Å². The van der Waals surface area contributed by atoms with Crippen LogP contribution in [-0.4, -0.2) is 12.5 Å². The van der Waals surface area contributed by atoms with Crippen LogP contribution in [-0.2, 0) is 0 Å². The summed E-state index contributed by atoms with van der Waals surface area (Å²) in [5.41, 5.74) is 4.93. The van der Waals surface area contributed by atoms with Crippen molar-refractivity contribution in [2.24, 2.45) is 5.73 Å². The molecule has 1 rings (SSSR count). The summed E-state index contributed by atoms with van der Waals surface area (Å²) in [5, 5.41) is 0. The first-order valence-corrected chi connectivity index (χ1v) is 6.52. The van der Waals surface area contributed by atoms with Crippen LogP contribution in [0.5, 0.6) is 5.75 Å². The smallest absolute Gasteiger partial charge is 0.251 e. The first kappa shape index (κ1) is 15.2. The van der Waals surface area contributed by atoms with Gasteiger partial charge in [-0.1, -0.05) is 19.1 Å². The molecule has 3 nitrogen and oxygen atoms in total. The van der Waals surface area contributed by atoms with Crippen molar-refractivity contribution in [3.8, 4) is 5.75 Å². The molecule has 1 aromatic carbocycles. The van der Waals surface area contributed by atoms with E-state index in [9.17, 15) is 9.18 Å². The Kier molecular flexibility index (Phi) is 6.64. The molecule has 0 bridgehead atoms. The molecule has 104 valence electrons. The summed E-state index contributed by atoms with van der Waals surface area (Å²) in [6.45, 7) is 2.65. The predicted molar refractivity (Wildman–Crippen MR) is 73.7 cm³/mol. The Balaban J connectivity index is 2.35. The fourth-order valence-corrected chi connectivity index (χ4v) is 1.62. The van der Waals surface area contributed by atoms with Gasteiger partial charge in [0.05, 0.1) is 12.2 Å². The third kappa shape index (κ3) is 5.55. The quantitative estimate of drug-likeness (QED) is 0.578. The Morgan fingerprint density at radius 3 is 2.84 bits per heavy atom. The number of amides is 1. The van der Waals surface area contributed by atoms with Crippen molar-refractivity contribution in [3.05, 3.63) is 41.7 Å². The van der Waals surface area contributed by atoms with E-state index in [2.05, 4.69) is 19.1 Å². The average Bonchev–Trinajstić information content (AvgIpc) is 2.39. The zero-order valence-corrected chi connectivity index (χ0v) is 11.2. The minimum atomic E-state index is -0.785. The average molecular weight is 265 g/mol. The Labute approximate surface area is 113 Å². The van der Waals surface area contributed by atoms with Crippen LogP contribution in [0.15, 0.2) is 30.4 Å². The van der Waals surface area contributed by atoms with E-state index in [-0.39, 0.29) is 5.56 Å². The number of carbonyl (C=O) groups is 1. The lowest BCUT2D eigenvalue weighted by molar-refractivity contribution is 0.0996. The molecule has 0 aromatic heterocycles. The van der Waals surface area contributed by atoms with E-state index in [1.54, 1.807) is 0 Å². The molecule has 0 saturated heterocycles. The molecule has 0 aliphatic heterocycles. The van der Waals surface area contributed by atoms with E-state index in [4.69, 9.17) is 10.5 Å². The monoisotopic (exact) mass is 265 g/mol. The summed E-state index contributed by atoms with van der Waals surface area (Å²) in [6.07, 6.45) is 8.34. The molecule has 0 fully saturated rings. The highest BCUT2D eigenvalue weighted by Crippen LogP contribution is 2.17. The molecule has 2 N–H and O–H groups in total. The largest absolute Gasteiger partial charge is 0.494 e. The van der Waals surface area contributed by atoms with Crippen LogP contribution >= 0.6 is 0 Å². The molecule has 0 heterocycles. The maximum Gasteiger partial charge on any atom is 0.251 e.